The molecule has 1 atom stereocenters. The van der Waals surface area contributed by atoms with Gasteiger partial charge in [0.25, 0.3) is 0 Å². The van der Waals surface area contributed by atoms with E-state index in [0.717, 1.165) is 31.2 Å². The lowest BCUT2D eigenvalue weighted by Gasteiger charge is -2.22. The van der Waals surface area contributed by atoms with Crippen molar-refractivity contribution in [1.29, 1.82) is 0 Å². The third kappa shape index (κ3) is 6.44. The number of anilines is 1. The van der Waals surface area contributed by atoms with Crippen LogP contribution in [0.2, 0.25) is 0 Å². The molecule has 3 rings (SSSR count). The number of aromatic nitrogens is 2. The number of nitrogens with zero attached hydrogens (tertiary/aromatic N) is 4. The first kappa shape index (κ1) is 23.2. The van der Waals surface area contributed by atoms with Crippen LogP contribution in [0.1, 0.15) is 19.0 Å². The number of ether oxygens (including phenoxy) is 1. The fourth-order valence-electron chi connectivity index (χ4n) is 3.24. The highest BCUT2D eigenvalue weighted by Gasteiger charge is 2.26. The Bertz CT molecular complexity index is 801. The normalized spacial score (nSPS) is 16.7. The van der Waals surface area contributed by atoms with Crippen molar-refractivity contribution in [3.8, 4) is 5.75 Å². The fraction of sp³-hybridized carbons (Fsp3) is 0.474. The van der Waals surface area contributed by atoms with Gasteiger partial charge in [-0.15, -0.1) is 24.0 Å². The van der Waals surface area contributed by atoms with Crippen molar-refractivity contribution < 1.29 is 13.5 Å². The molecule has 2 heterocycles. The second kappa shape index (κ2) is 11.2. The Labute approximate surface area is 186 Å². The first-order chi connectivity index (χ1) is 13.6. The summed E-state index contributed by atoms with van der Waals surface area (Å²) in [5.41, 5.74) is 1.70. The number of alkyl halides is 2. The van der Waals surface area contributed by atoms with E-state index in [-0.39, 0.29) is 35.8 Å². The molecule has 0 aliphatic carbocycles. The average molecular weight is 520 g/mol. The predicted molar refractivity (Wildman–Crippen MR) is 120 cm³/mol. The molecule has 160 valence electrons. The molecule has 0 bridgehead atoms. The Balaban J connectivity index is 0.00000300. The van der Waals surface area contributed by atoms with Gasteiger partial charge in [0.2, 0.25) is 0 Å². The van der Waals surface area contributed by atoms with Gasteiger partial charge in [0.05, 0.1) is 17.9 Å². The third-order valence-electron chi connectivity index (χ3n) is 4.62. The van der Waals surface area contributed by atoms with Gasteiger partial charge in [-0.25, -0.2) is 4.99 Å². The van der Waals surface area contributed by atoms with Crippen molar-refractivity contribution in [3.05, 3.63) is 42.2 Å². The van der Waals surface area contributed by atoms with Crippen molar-refractivity contribution in [1.82, 2.24) is 20.4 Å². The van der Waals surface area contributed by atoms with Crippen molar-refractivity contribution in [2.45, 2.75) is 32.5 Å². The van der Waals surface area contributed by atoms with Crippen LogP contribution >= 0.6 is 24.0 Å². The van der Waals surface area contributed by atoms with E-state index in [9.17, 15) is 8.78 Å². The topological polar surface area (TPSA) is 66.7 Å². The first-order valence-electron chi connectivity index (χ1n) is 9.37. The number of guanidine groups is 1. The lowest BCUT2D eigenvalue weighted by molar-refractivity contribution is -0.0495. The minimum absolute atomic E-state index is 0. The van der Waals surface area contributed by atoms with Gasteiger partial charge in [0.1, 0.15) is 5.75 Å². The predicted octanol–water partition coefficient (Wildman–Crippen LogP) is 2.97. The third-order valence-corrected chi connectivity index (χ3v) is 4.62. The van der Waals surface area contributed by atoms with E-state index < -0.39 is 6.61 Å². The van der Waals surface area contributed by atoms with Crippen LogP contribution in [-0.4, -0.2) is 48.0 Å². The van der Waals surface area contributed by atoms with Gasteiger partial charge in [0.15, 0.2) is 5.96 Å². The molecule has 1 aromatic carbocycles. The quantitative estimate of drug-likeness (QED) is 0.334. The number of rotatable bonds is 7. The summed E-state index contributed by atoms with van der Waals surface area (Å²) in [6, 6.07) is 8.99. The Hall–Kier alpha value is -2.11. The maximum Gasteiger partial charge on any atom is 0.387 e. The molecule has 10 heteroatoms. The number of nitrogens with one attached hydrogen (secondary N) is 2. The Morgan fingerprint density at radius 2 is 2.14 bits per heavy atom. The molecule has 0 amide bonds. The highest BCUT2D eigenvalue weighted by Crippen LogP contribution is 2.31. The summed E-state index contributed by atoms with van der Waals surface area (Å²) in [6.07, 6.45) is 2.62. The molecule has 1 unspecified atom stereocenters. The van der Waals surface area contributed by atoms with Crippen LogP contribution < -0.4 is 20.3 Å². The van der Waals surface area contributed by atoms with Crippen LogP contribution in [0.15, 0.2) is 41.5 Å². The summed E-state index contributed by atoms with van der Waals surface area (Å²) in [5.74, 6) is 0.933. The molecule has 1 fully saturated rings. The lowest BCUT2D eigenvalue weighted by atomic mass is 10.2. The number of aliphatic imine (C=N–C) groups is 1. The van der Waals surface area contributed by atoms with Crippen LogP contribution in [0.25, 0.3) is 0 Å². The number of hydrogen-bond donors (Lipinski definition) is 2. The number of benzene rings is 1. The Kier molecular flexibility index (Phi) is 8.93. The zero-order valence-electron chi connectivity index (χ0n) is 16.5. The van der Waals surface area contributed by atoms with Crippen LogP contribution in [0.3, 0.4) is 0 Å². The van der Waals surface area contributed by atoms with Crippen molar-refractivity contribution >= 4 is 35.6 Å². The van der Waals surface area contributed by atoms with Gasteiger partial charge in [-0.1, -0.05) is 12.1 Å². The summed E-state index contributed by atoms with van der Waals surface area (Å²) >= 11 is 0. The molecule has 7 nitrogen and oxygen atoms in total. The zero-order valence-corrected chi connectivity index (χ0v) is 18.8. The molecule has 1 aliphatic rings. The fourth-order valence-corrected chi connectivity index (χ4v) is 3.24. The zero-order chi connectivity index (χ0) is 19.9. The van der Waals surface area contributed by atoms with E-state index >= 15 is 0 Å². The molecular formula is C19H27F2IN6O. The standard InChI is InChI=1S/C19H26F2N6O.HI/c1-3-22-19(23-12-15-8-10-24-26(15)2)25-14-9-11-27(13-14)16-6-4-5-7-17(16)28-18(20)21;/h4-8,10,14,18H,3,9,11-13H2,1-2H3,(H2,22,23,25);1H. The van der Waals surface area contributed by atoms with E-state index in [1.165, 1.54) is 0 Å². The van der Waals surface area contributed by atoms with E-state index in [2.05, 4.69) is 30.4 Å². The van der Waals surface area contributed by atoms with Gasteiger partial charge in [0, 0.05) is 38.9 Å². The van der Waals surface area contributed by atoms with Gasteiger partial charge in [-0.3, -0.25) is 4.68 Å². The molecule has 0 radical (unpaired) electrons. The summed E-state index contributed by atoms with van der Waals surface area (Å²) in [4.78, 5) is 6.68. The largest absolute Gasteiger partial charge is 0.433 e. The van der Waals surface area contributed by atoms with Crippen molar-refractivity contribution in [3.63, 3.8) is 0 Å². The highest BCUT2D eigenvalue weighted by atomic mass is 127. The van der Waals surface area contributed by atoms with Crippen LogP contribution in [0, 0.1) is 0 Å². The number of para-hydroxylation sites is 2. The molecule has 1 aromatic heterocycles. The van der Waals surface area contributed by atoms with Crippen molar-refractivity contribution in [2.24, 2.45) is 12.0 Å². The summed E-state index contributed by atoms with van der Waals surface area (Å²) in [5, 5.41) is 10.8. The maximum absolute atomic E-state index is 12.7. The molecular weight excluding hydrogens is 493 g/mol. The lowest BCUT2D eigenvalue weighted by Crippen LogP contribution is -2.44. The highest BCUT2D eigenvalue weighted by molar-refractivity contribution is 14.0. The summed E-state index contributed by atoms with van der Waals surface area (Å²) in [7, 11) is 1.89. The summed E-state index contributed by atoms with van der Waals surface area (Å²) < 4.78 is 31.8. The molecule has 0 spiro atoms. The minimum Gasteiger partial charge on any atom is -0.433 e. The minimum atomic E-state index is -2.84. The summed E-state index contributed by atoms with van der Waals surface area (Å²) in [6.45, 7) is 1.88. The first-order valence-corrected chi connectivity index (χ1v) is 9.37. The second-order valence-corrected chi connectivity index (χ2v) is 6.56. The molecule has 1 aliphatic heterocycles. The molecule has 2 N–H and O–H groups in total. The van der Waals surface area contributed by atoms with Crippen LogP contribution in [0.5, 0.6) is 5.75 Å². The van der Waals surface area contributed by atoms with Crippen LogP contribution in [-0.2, 0) is 13.6 Å². The van der Waals surface area contributed by atoms with Crippen molar-refractivity contribution in [2.75, 3.05) is 24.5 Å². The van der Waals surface area contributed by atoms with E-state index in [1.807, 2.05) is 32.2 Å². The van der Waals surface area contributed by atoms with E-state index in [1.54, 1.807) is 23.0 Å². The number of hydrogen-bond acceptors (Lipinski definition) is 4. The van der Waals surface area contributed by atoms with Gasteiger partial charge in [-0.2, -0.15) is 13.9 Å². The number of aryl methyl sites for hydroxylation is 1. The smallest absolute Gasteiger partial charge is 0.387 e. The van der Waals surface area contributed by atoms with Gasteiger partial charge < -0.3 is 20.3 Å². The SMILES string of the molecule is CCNC(=NCc1ccnn1C)NC1CCN(c2ccccc2OC(F)F)C1.I. The Morgan fingerprint density at radius 3 is 2.83 bits per heavy atom. The van der Waals surface area contributed by atoms with Gasteiger partial charge >= 0.3 is 6.61 Å². The second-order valence-electron chi connectivity index (χ2n) is 6.56. The number of halogens is 3. The van der Waals surface area contributed by atoms with E-state index in [4.69, 9.17) is 0 Å². The van der Waals surface area contributed by atoms with Gasteiger partial charge in [-0.05, 0) is 31.5 Å². The molecule has 2 aromatic rings. The maximum atomic E-state index is 12.7. The average Bonchev–Trinajstić information content (AvgIpc) is 3.29. The molecule has 29 heavy (non-hydrogen) atoms. The Morgan fingerprint density at radius 1 is 1.34 bits per heavy atom. The molecule has 1 saturated heterocycles. The molecule has 0 saturated carbocycles. The monoisotopic (exact) mass is 520 g/mol. The van der Waals surface area contributed by atoms with Crippen LogP contribution in [0.4, 0.5) is 14.5 Å². The van der Waals surface area contributed by atoms with E-state index in [0.29, 0.717) is 18.8 Å².